The highest BCUT2D eigenvalue weighted by Crippen LogP contribution is 2.14. The molecule has 0 amide bonds. The fraction of sp³-hybridized carbons (Fsp3) is 0.958. The van der Waals surface area contributed by atoms with E-state index in [9.17, 15) is 4.79 Å². The molecule has 162 valence electrons. The summed E-state index contributed by atoms with van der Waals surface area (Å²) >= 11 is 4.43. The Labute approximate surface area is 176 Å². The number of unbranched alkanes of at least 4 members (excludes halogenated alkanes) is 16. The highest BCUT2D eigenvalue weighted by atomic mass is 32.1. The van der Waals surface area contributed by atoms with Crippen molar-refractivity contribution in [1.82, 2.24) is 0 Å². The van der Waals surface area contributed by atoms with E-state index in [2.05, 4.69) is 26.5 Å². The van der Waals surface area contributed by atoms with Crippen LogP contribution in [-0.2, 0) is 9.53 Å². The second-order valence-electron chi connectivity index (χ2n) is 8.13. The SMILES string of the molecule is CCCCCCCCCCCCOC(=O)C(S)CCCCCCCCCC. The molecule has 2 nitrogen and oxygen atoms in total. The van der Waals surface area contributed by atoms with E-state index in [0.29, 0.717) is 6.61 Å². The lowest BCUT2D eigenvalue weighted by molar-refractivity contribution is -0.143. The van der Waals surface area contributed by atoms with E-state index in [1.807, 2.05) is 0 Å². The maximum atomic E-state index is 11.9. The summed E-state index contributed by atoms with van der Waals surface area (Å²) in [4.78, 5) is 11.9. The third kappa shape index (κ3) is 20.4. The van der Waals surface area contributed by atoms with E-state index in [-0.39, 0.29) is 11.2 Å². The number of hydrogen-bond acceptors (Lipinski definition) is 3. The van der Waals surface area contributed by atoms with Crippen LogP contribution in [0, 0.1) is 0 Å². The van der Waals surface area contributed by atoms with Crippen LogP contribution in [0.4, 0.5) is 0 Å². The number of esters is 1. The van der Waals surface area contributed by atoms with Crippen LogP contribution in [0.5, 0.6) is 0 Å². The number of hydrogen-bond donors (Lipinski definition) is 1. The first-order valence-corrected chi connectivity index (χ1v) is 12.6. The zero-order chi connectivity index (χ0) is 20.0. The molecule has 0 aromatic heterocycles. The first-order chi connectivity index (χ1) is 13.2. The van der Waals surface area contributed by atoms with Crippen molar-refractivity contribution in [1.29, 1.82) is 0 Å². The van der Waals surface area contributed by atoms with Crippen LogP contribution in [-0.4, -0.2) is 17.8 Å². The van der Waals surface area contributed by atoms with Gasteiger partial charge in [-0.1, -0.05) is 123 Å². The Morgan fingerprint density at radius 2 is 1.00 bits per heavy atom. The largest absolute Gasteiger partial charge is 0.465 e. The summed E-state index contributed by atoms with van der Waals surface area (Å²) in [5.41, 5.74) is 0. The van der Waals surface area contributed by atoms with Crippen molar-refractivity contribution >= 4 is 18.6 Å². The van der Waals surface area contributed by atoms with Crippen molar-refractivity contribution in [2.24, 2.45) is 0 Å². The first kappa shape index (κ1) is 26.8. The van der Waals surface area contributed by atoms with E-state index < -0.39 is 0 Å². The fourth-order valence-corrected chi connectivity index (χ4v) is 3.70. The summed E-state index contributed by atoms with van der Waals surface area (Å²) in [6.07, 6.45) is 24.2. The summed E-state index contributed by atoms with van der Waals surface area (Å²) in [6.45, 7) is 5.09. The molecule has 0 saturated carbocycles. The quantitative estimate of drug-likeness (QED) is 0.119. The summed E-state index contributed by atoms with van der Waals surface area (Å²) in [7, 11) is 0. The molecule has 1 unspecified atom stereocenters. The molecule has 0 aliphatic carbocycles. The molecule has 0 aromatic carbocycles. The minimum absolute atomic E-state index is 0.114. The molecule has 0 rings (SSSR count). The van der Waals surface area contributed by atoms with Gasteiger partial charge in [0, 0.05) is 0 Å². The second kappa shape index (κ2) is 22.1. The minimum atomic E-state index is -0.229. The maximum absolute atomic E-state index is 11.9. The van der Waals surface area contributed by atoms with Crippen molar-refractivity contribution in [3.8, 4) is 0 Å². The Bertz CT molecular complexity index is 307. The van der Waals surface area contributed by atoms with Crippen LogP contribution < -0.4 is 0 Å². The van der Waals surface area contributed by atoms with E-state index >= 15 is 0 Å². The Hall–Kier alpha value is -0.180. The van der Waals surface area contributed by atoms with Crippen molar-refractivity contribution in [3.63, 3.8) is 0 Å². The van der Waals surface area contributed by atoms with E-state index in [1.165, 1.54) is 103 Å². The van der Waals surface area contributed by atoms with Crippen molar-refractivity contribution in [2.45, 2.75) is 141 Å². The van der Waals surface area contributed by atoms with Gasteiger partial charge in [-0.15, -0.1) is 0 Å². The van der Waals surface area contributed by atoms with Crippen LogP contribution in [0.15, 0.2) is 0 Å². The molecule has 0 aliphatic rings. The maximum Gasteiger partial charge on any atom is 0.318 e. The third-order valence-electron chi connectivity index (χ3n) is 5.35. The molecule has 0 N–H and O–H groups in total. The molecular formula is C24H48O2S. The zero-order valence-electron chi connectivity index (χ0n) is 18.5. The number of carbonyl (C=O) groups is 1. The van der Waals surface area contributed by atoms with Gasteiger partial charge in [-0.05, 0) is 12.8 Å². The first-order valence-electron chi connectivity index (χ1n) is 12.1. The molecule has 27 heavy (non-hydrogen) atoms. The van der Waals surface area contributed by atoms with Gasteiger partial charge < -0.3 is 4.74 Å². The van der Waals surface area contributed by atoms with Crippen LogP contribution in [0.3, 0.4) is 0 Å². The van der Waals surface area contributed by atoms with E-state index in [0.717, 1.165) is 19.3 Å². The average Bonchev–Trinajstić information content (AvgIpc) is 2.67. The molecule has 0 aliphatic heterocycles. The number of thiol groups is 1. The standard InChI is InChI=1S/C24H48O2S/c1-3-5-7-9-11-13-14-16-18-20-22-26-24(25)23(27)21-19-17-15-12-10-8-6-4-2/h23,27H,3-22H2,1-2H3. The van der Waals surface area contributed by atoms with Gasteiger partial charge in [-0.3, -0.25) is 4.79 Å². The molecule has 0 saturated heterocycles. The van der Waals surface area contributed by atoms with Crippen molar-refractivity contribution in [3.05, 3.63) is 0 Å². The van der Waals surface area contributed by atoms with Crippen LogP contribution >= 0.6 is 12.6 Å². The number of carbonyl (C=O) groups excluding carboxylic acids is 1. The average molecular weight is 401 g/mol. The summed E-state index contributed by atoms with van der Waals surface area (Å²) < 4.78 is 5.38. The summed E-state index contributed by atoms with van der Waals surface area (Å²) in [5.74, 6) is -0.114. The predicted octanol–water partition coefficient (Wildman–Crippen LogP) is 8.28. The van der Waals surface area contributed by atoms with Crippen LogP contribution in [0.25, 0.3) is 0 Å². The highest BCUT2D eigenvalue weighted by Gasteiger charge is 2.14. The van der Waals surface area contributed by atoms with Gasteiger partial charge in [-0.25, -0.2) is 0 Å². The molecule has 0 radical (unpaired) electrons. The minimum Gasteiger partial charge on any atom is -0.465 e. The Balaban J connectivity index is 3.31. The monoisotopic (exact) mass is 400 g/mol. The molecule has 0 spiro atoms. The normalized spacial score (nSPS) is 12.3. The van der Waals surface area contributed by atoms with Gasteiger partial charge in [0.25, 0.3) is 0 Å². The van der Waals surface area contributed by atoms with Crippen LogP contribution in [0.2, 0.25) is 0 Å². The lowest BCUT2D eigenvalue weighted by atomic mass is 10.1. The lowest BCUT2D eigenvalue weighted by Gasteiger charge is -2.11. The van der Waals surface area contributed by atoms with Gasteiger partial charge in [0.05, 0.1) is 11.9 Å². The molecule has 0 fully saturated rings. The molecule has 0 bridgehead atoms. The third-order valence-corrected chi connectivity index (χ3v) is 5.81. The molecule has 0 heterocycles. The second-order valence-corrected chi connectivity index (χ2v) is 8.75. The van der Waals surface area contributed by atoms with Gasteiger partial charge >= 0.3 is 5.97 Å². The van der Waals surface area contributed by atoms with Gasteiger partial charge in [0.1, 0.15) is 0 Å². The van der Waals surface area contributed by atoms with Crippen LogP contribution in [0.1, 0.15) is 136 Å². The molecule has 1 atom stereocenters. The Kier molecular flexibility index (Phi) is 22.0. The molecule has 0 aromatic rings. The lowest BCUT2D eigenvalue weighted by Crippen LogP contribution is -2.18. The smallest absolute Gasteiger partial charge is 0.318 e. The fourth-order valence-electron chi connectivity index (χ4n) is 3.45. The molecule has 3 heteroatoms. The van der Waals surface area contributed by atoms with Crippen molar-refractivity contribution in [2.75, 3.05) is 6.61 Å². The zero-order valence-corrected chi connectivity index (χ0v) is 19.4. The van der Waals surface area contributed by atoms with Gasteiger partial charge in [0.15, 0.2) is 0 Å². The number of rotatable bonds is 21. The highest BCUT2D eigenvalue weighted by molar-refractivity contribution is 7.81. The summed E-state index contributed by atoms with van der Waals surface area (Å²) in [6, 6.07) is 0. The molecular weight excluding hydrogens is 352 g/mol. The predicted molar refractivity (Wildman–Crippen MR) is 123 cm³/mol. The topological polar surface area (TPSA) is 26.3 Å². The Morgan fingerprint density at radius 3 is 1.44 bits per heavy atom. The van der Waals surface area contributed by atoms with Crippen molar-refractivity contribution < 1.29 is 9.53 Å². The van der Waals surface area contributed by atoms with Gasteiger partial charge in [0.2, 0.25) is 0 Å². The van der Waals surface area contributed by atoms with E-state index in [4.69, 9.17) is 4.74 Å². The van der Waals surface area contributed by atoms with Gasteiger partial charge in [-0.2, -0.15) is 12.6 Å². The summed E-state index contributed by atoms with van der Waals surface area (Å²) in [5, 5.41) is -0.229. The number of ether oxygens (including phenoxy) is 1. The Morgan fingerprint density at radius 1 is 0.630 bits per heavy atom. The van der Waals surface area contributed by atoms with E-state index in [1.54, 1.807) is 0 Å².